The monoisotopic (exact) mass is 384 g/mol. The molecule has 0 atom stereocenters. The summed E-state index contributed by atoms with van der Waals surface area (Å²) in [5.74, 6) is -1.63. The van der Waals surface area contributed by atoms with Gasteiger partial charge in [-0.15, -0.1) is 0 Å². The topological polar surface area (TPSA) is 86.2 Å². The molecule has 0 aliphatic rings. The van der Waals surface area contributed by atoms with E-state index in [0.717, 1.165) is 6.07 Å². The Kier molecular flexibility index (Phi) is 4.59. The Balaban J connectivity index is 2.14. The van der Waals surface area contributed by atoms with Crippen molar-refractivity contribution in [1.82, 2.24) is 4.98 Å². The van der Waals surface area contributed by atoms with Crippen LogP contribution in [0.1, 0.15) is 5.69 Å². The molecule has 3 aromatic rings. The molecule has 0 saturated carbocycles. The summed E-state index contributed by atoms with van der Waals surface area (Å²) in [5, 5.41) is 4.99. The van der Waals surface area contributed by atoms with Gasteiger partial charge in [0.05, 0.1) is 5.02 Å². The van der Waals surface area contributed by atoms with Gasteiger partial charge in [-0.2, -0.15) is 0 Å². The van der Waals surface area contributed by atoms with Crippen LogP contribution >= 0.6 is 11.6 Å². The number of primary sulfonamides is 1. The third kappa shape index (κ3) is 4.04. The second-order valence-electron chi connectivity index (χ2n) is 5.24. The van der Waals surface area contributed by atoms with Crippen molar-refractivity contribution in [3.63, 3.8) is 0 Å². The number of benzene rings is 2. The average molecular weight is 385 g/mol. The first-order chi connectivity index (χ1) is 11.7. The summed E-state index contributed by atoms with van der Waals surface area (Å²) in [5.41, 5.74) is 0.697. The highest BCUT2D eigenvalue weighted by atomic mass is 35.5. The highest BCUT2D eigenvalue weighted by Crippen LogP contribution is 2.32. The molecule has 0 saturated heterocycles. The summed E-state index contributed by atoms with van der Waals surface area (Å²) in [4.78, 5) is 4.12. The molecule has 0 bridgehead atoms. The van der Waals surface area contributed by atoms with Gasteiger partial charge in [-0.1, -0.05) is 11.6 Å². The van der Waals surface area contributed by atoms with Crippen molar-refractivity contribution in [2.75, 3.05) is 0 Å². The van der Waals surface area contributed by atoms with E-state index in [1.165, 1.54) is 36.4 Å². The maximum absolute atomic E-state index is 13.7. The molecule has 2 N–H and O–H groups in total. The van der Waals surface area contributed by atoms with Crippen molar-refractivity contribution in [2.45, 2.75) is 5.75 Å². The van der Waals surface area contributed by atoms with E-state index in [1.807, 2.05) is 0 Å². The van der Waals surface area contributed by atoms with E-state index < -0.39 is 27.4 Å². The summed E-state index contributed by atoms with van der Waals surface area (Å²) in [6.07, 6.45) is 0. The van der Waals surface area contributed by atoms with Crippen molar-refractivity contribution >= 4 is 21.6 Å². The molecule has 0 radical (unpaired) electrons. The number of hydrogen-bond donors (Lipinski definition) is 1. The number of nitrogens with two attached hydrogens (primary N) is 1. The molecule has 1 aromatic heterocycles. The van der Waals surface area contributed by atoms with Gasteiger partial charge in [0.25, 0.3) is 0 Å². The second-order valence-corrected chi connectivity index (χ2v) is 7.26. The van der Waals surface area contributed by atoms with Gasteiger partial charge in [0, 0.05) is 11.1 Å². The van der Waals surface area contributed by atoms with Crippen LogP contribution in [0.4, 0.5) is 8.78 Å². The zero-order valence-electron chi connectivity index (χ0n) is 12.5. The maximum atomic E-state index is 13.7. The molecule has 2 aromatic carbocycles. The highest BCUT2D eigenvalue weighted by Gasteiger charge is 2.21. The maximum Gasteiger partial charge on any atom is 0.227 e. The van der Waals surface area contributed by atoms with Crippen LogP contribution in [0.3, 0.4) is 0 Å². The fourth-order valence-electron chi connectivity index (χ4n) is 2.22. The van der Waals surface area contributed by atoms with Gasteiger partial charge in [0.2, 0.25) is 15.9 Å². The van der Waals surface area contributed by atoms with Crippen molar-refractivity contribution in [3.8, 4) is 22.8 Å². The summed E-state index contributed by atoms with van der Waals surface area (Å²) < 4.78 is 55.3. The van der Waals surface area contributed by atoms with Gasteiger partial charge >= 0.3 is 0 Å². The lowest BCUT2D eigenvalue weighted by Gasteiger charge is -2.01. The molecular formula is C16H11ClF2N2O3S. The minimum absolute atomic E-state index is 0.0172. The van der Waals surface area contributed by atoms with E-state index in [4.69, 9.17) is 21.2 Å². The number of aromatic nitrogens is 1. The van der Waals surface area contributed by atoms with Crippen LogP contribution in [-0.4, -0.2) is 13.4 Å². The zero-order valence-corrected chi connectivity index (χ0v) is 14.1. The van der Waals surface area contributed by atoms with Gasteiger partial charge in [-0.25, -0.2) is 27.3 Å². The second kappa shape index (κ2) is 6.55. The number of halogens is 3. The van der Waals surface area contributed by atoms with Gasteiger partial charge in [0.15, 0.2) is 5.76 Å². The first-order valence-electron chi connectivity index (χ1n) is 6.94. The summed E-state index contributed by atoms with van der Waals surface area (Å²) in [6.45, 7) is 0. The standard InChI is InChI=1S/C16H11ClF2N2O3S/c17-12-6-3-10(7-13(12)19)15-14(8-25(20,22)23)21-16(24-15)9-1-4-11(18)5-2-9/h1-7H,8H2,(H2,20,22,23). The molecule has 0 amide bonds. The van der Waals surface area contributed by atoms with E-state index >= 15 is 0 Å². The Hall–Kier alpha value is -2.29. The van der Waals surface area contributed by atoms with Crippen molar-refractivity contribution in [3.05, 3.63) is 64.8 Å². The smallest absolute Gasteiger partial charge is 0.227 e. The Bertz CT molecular complexity index is 1030. The molecule has 3 rings (SSSR count). The number of nitrogens with zero attached hydrogens (tertiary/aromatic N) is 1. The van der Waals surface area contributed by atoms with Gasteiger partial charge < -0.3 is 4.42 Å². The predicted octanol–water partition coefficient (Wildman–Crippen LogP) is 3.73. The van der Waals surface area contributed by atoms with Crippen LogP contribution < -0.4 is 5.14 Å². The lowest BCUT2D eigenvalue weighted by atomic mass is 10.1. The van der Waals surface area contributed by atoms with E-state index in [-0.39, 0.29) is 27.9 Å². The third-order valence-corrected chi connectivity index (χ3v) is 4.29. The van der Waals surface area contributed by atoms with Crippen LogP contribution in [0.5, 0.6) is 0 Å². The predicted molar refractivity (Wildman–Crippen MR) is 89.1 cm³/mol. The van der Waals surface area contributed by atoms with Crippen LogP contribution in [0, 0.1) is 11.6 Å². The number of rotatable bonds is 4. The normalized spacial score (nSPS) is 11.7. The van der Waals surface area contributed by atoms with Crippen LogP contribution in [-0.2, 0) is 15.8 Å². The molecule has 5 nitrogen and oxygen atoms in total. The highest BCUT2D eigenvalue weighted by molar-refractivity contribution is 7.88. The Morgan fingerprint density at radius 1 is 1.08 bits per heavy atom. The van der Waals surface area contributed by atoms with Crippen LogP contribution in [0.2, 0.25) is 5.02 Å². The minimum Gasteiger partial charge on any atom is -0.436 e. The zero-order chi connectivity index (χ0) is 18.2. The molecule has 0 aliphatic heterocycles. The first kappa shape index (κ1) is 17.5. The Labute approximate surface area is 147 Å². The van der Waals surface area contributed by atoms with Gasteiger partial charge in [-0.3, -0.25) is 0 Å². The quantitative estimate of drug-likeness (QED) is 0.742. The van der Waals surface area contributed by atoms with Gasteiger partial charge in [0.1, 0.15) is 23.1 Å². The largest absolute Gasteiger partial charge is 0.436 e. The molecule has 0 spiro atoms. The molecule has 0 unspecified atom stereocenters. The van der Waals surface area contributed by atoms with Gasteiger partial charge in [-0.05, 0) is 42.5 Å². The Morgan fingerprint density at radius 3 is 2.32 bits per heavy atom. The molecule has 25 heavy (non-hydrogen) atoms. The SMILES string of the molecule is NS(=O)(=O)Cc1nc(-c2ccc(F)cc2)oc1-c1ccc(Cl)c(F)c1. The molecule has 1 heterocycles. The first-order valence-corrected chi connectivity index (χ1v) is 9.04. The summed E-state index contributed by atoms with van der Waals surface area (Å²) in [7, 11) is -3.90. The summed E-state index contributed by atoms with van der Waals surface area (Å²) >= 11 is 5.66. The van der Waals surface area contributed by atoms with Crippen molar-refractivity contribution < 1.29 is 21.6 Å². The average Bonchev–Trinajstić information content (AvgIpc) is 2.92. The third-order valence-electron chi connectivity index (χ3n) is 3.31. The number of hydrogen-bond acceptors (Lipinski definition) is 4. The molecular weight excluding hydrogens is 374 g/mol. The molecule has 0 aliphatic carbocycles. The van der Waals surface area contributed by atoms with Crippen LogP contribution in [0.25, 0.3) is 22.8 Å². The van der Waals surface area contributed by atoms with E-state index in [1.54, 1.807) is 0 Å². The fourth-order valence-corrected chi connectivity index (χ4v) is 2.91. The molecule has 9 heteroatoms. The van der Waals surface area contributed by atoms with E-state index in [9.17, 15) is 17.2 Å². The van der Waals surface area contributed by atoms with Crippen molar-refractivity contribution in [1.29, 1.82) is 0 Å². The Morgan fingerprint density at radius 2 is 1.72 bits per heavy atom. The minimum atomic E-state index is -3.90. The van der Waals surface area contributed by atoms with E-state index in [0.29, 0.717) is 5.56 Å². The van der Waals surface area contributed by atoms with E-state index in [2.05, 4.69) is 4.98 Å². The molecule has 130 valence electrons. The number of oxazole rings is 1. The van der Waals surface area contributed by atoms with Crippen molar-refractivity contribution in [2.24, 2.45) is 5.14 Å². The van der Waals surface area contributed by atoms with Crippen LogP contribution in [0.15, 0.2) is 46.9 Å². The molecule has 0 fully saturated rings. The summed E-state index contributed by atoms with van der Waals surface area (Å²) in [6, 6.07) is 9.15. The lowest BCUT2D eigenvalue weighted by Crippen LogP contribution is -2.15. The fraction of sp³-hybridized carbons (Fsp3) is 0.0625. The number of sulfonamides is 1. The lowest BCUT2D eigenvalue weighted by molar-refractivity contribution is 0.582.